The van der Waals surface area contributed by atoms with Crippen molar-refractivity contribution < 1.29 is 14.3 Å². The van der Waals surface area contributed by atoms with Gasteiger partial charge in [0.05, 0.1) is 12.1 Å². The van der Waals surface area contributed by atoms with Crippen molar-refractivity contribution in [1.82, 2.24) is 4.90 Å². The lowest BCUT2D eigenvalue weighted by atomic mass is 9.94. The monoisotopic (exact) mass is 285 g/mol. The van der Waals surface area contributed by atoms with Crippen LogP contribution in [0, 0.1) is 5.92 Å². The number of piperidine rings is 1. The Morgan fingerprint density at radius 1 is 1.40 bits per heavy atom. The molecule has 20 heavy (non-hydrogen) atoms. The number of likely N-dealkylation sites (tertiary alicyclic amines) is 1. The molecule has 1 saturated heterocycles. The van der Waals surface area contributed by atoms with Crippen LogP contribution in [-0.2, 0) is 9.47 Å². The Bertz CT molecular complexity index is 324. The van der Waals surface area contributed by atoms with Gasteiger partial charge in [-0.2, -0.15) is 0 Å². The highest BCUT2D eigenvalue weighted by atomic mass is 16.6. The standard InChI is InChI=1S/C16H31NO3/c1-7-13(2)11-19-16(6)9-8-10-17(12-16)14(18)20-15(3,4)5/h13H,7-12H2,1-6H3. The maximum absolute atomic E-state index is 12.1. The van der Waals surface area contributed by atoms with Crippen LogP contribution in [0.3, 0.4) is 0 Å². The number of hydrogen-bond donors (Lipinski definition) is 0. The van der Waals surface area contributed by atoms with Crippen LogP contribution >= 0.6 is 0 Å². The Kier molecular flexibility index (Phi) is 5.87. The number of rotatable bonds is 4. The van der Waals surface area contributed by atoms with Crippen LogP contribution in [0.5, 0.6) is 0 Å². The van der Waals surface area contributed by atoms with Crippen LogP contribution in [0.25, 0.3) is 0 Å². The summed E-state index contributed by atoms with van der Waals surface area (Å²) >= 11 is 0. The Labute approximate surface area is 123 Å². The van der Waals surface area contributed by atoms with Gasteiger partial charge in [-0.05, 0) is 46.5 Å². The summed E-state index contributed by atoms with van der Waals surface area (Å²) < 4.78 is 11.5. The second-order valence-electron chi connectivity index (χ2n) is 7.28. The molecule has 0 bridgehead atoms. The third kappa shape index (κ3) is 5.70. The molecule has 0 aliphatic carbocycles. The lowest BCUT2D eigenvalue weighted by Crippen LogP contribution is -2.51. The fraction of sp³-hybridized carbons (Fsp3) is 0.938. The fourth-order valence-corrected chi connectivity index (χ4v) is 2.27. The first-order valence-electron chi connectivity index (χ1n) is 7.77. The normalized spacial score (nSPS) is 25.4. The van der Waals surface area contributed by atoms with E-state index in [1.807, 2.05) is 20.8 Å². The molecule has 1 rings (SSSR count). The second kappa shape index (κ2) is 6.79. The molecular formula is C16H31NO3. The van der Waals surface area contributed by atoms with Crippen molar-refractivity contribution in [2.75, 3.05) is 19.7 Å². The van der Waals surface area contributed by atoms with Gasteiger partial charge in [0.15, 0.2) is 0 Å². The number of ether oxygens (including phenoxy) is 2. The van der Waals surface area contributed by atoms with E-state index in [1.165, 1.54) is 0 Å². The van der Waals surface area contributed by atoms with Gasteiger partial charge in [0.2, 0.25) is 0 Å². The quantitative estimate of drug-likeness (QED) is 0.787. The number of hydrogen-bond acceptors (Lipinski definition) is 3. The minimum Gasteiger partial charge on any atom is -0.444 e. The van der Waals surface area contributed by atoms with Crippen molar-refractivity contribution in [2.45, 2.75) is 72.0 Å². The van der Waals surface area contributed by atoms with Gasteiger partial charge in [-0.3, -0.25) is 0 Å². The van der Waals surface area contributed by atoms with Crippen molar-refractivity contribution in [3.63, 3.8) is 0 Å². The van der Waals surface area contributed by atoms with Gasteiger partial charge in [0.1, 0.15) is 5.60 Å². The van der Waals surface area contributed by atoms with Gasteiger partial charge in [0.25, 0.3) is 0 Å². The first-order chi connectivity index (χ1) is 9.15. The maximum Gasteiger partial charge on any atom is 0.410 e. The predicted octanol–water partition coefficient (Wildman–Crippen LogP) is 3.84. The molecule has 4 heteroatoms. The molecule has 118 valence electrons. The third-order valence-corrected chi connectivity index (χ3v) is 3.72. The summed E-state index contributed by atoms with van der Waals surface area (Å²) in [5.74, 6) is 0.559. The van der Waals surface area contributed by atoms with Gasteiger partial charge in [0, 0.05) is 13.2 Å². The van der Waals surface area contributed by atoms with Crippen LogP contribution in [0.2, 0.25) is 0 Å². The van der Waals surface area contributed by atoms with Gasteiger partial charge >= 0.3 is 6.09 Å². The van der Waals surface area contributed by atoms with Crippen LogP contribution in [0.4, 0.5) is 4.79 Å². The smallest absolute Gasteiger partial charge is 0.410 e. The van der Waals surface area contributed by atoms with E-state index in [0.717, 1.165) is 32.4 Å². The summed E-state index contributed by atoms with van der Waals surface area (Å²) in [6, 6.07) is 0. The molecule has 0 N–H and O–H groups in total. The second-order valence-corrected chi connectivity index (χ2v) is 7.28. The fourth-order valence-electron chi connectivity index (χ4n) is 2.27. The van der Waals surface area contributed by atoms with E-state index in [-0.39, 0.29) is 11.7 Å². The minimum atomic E-state index is -0.442. The summed E-state index contributed by atoms with van der Waals surface area (Å²) in [5.41, 5.74) is -0.679. The van der Waals surface area contributed by atoms with E-state index in [9.17, 15) is 4.79 Å². The molecule has 1 amide bonds. The summed E-state index contributed by atoms with van der Waals surface area (Å²) in [4.78, 5) is 13.9. The zero-order chi connectivity index (χ0) is 15.4. The molecule has 0 aromatic rings. The number of carbonyl (C=O) groups excluding carboxylic acids is 1. The highest BCUT2D eigenvalue weighted by Crippen LogP contribution is 2.26. The highest BCUT2D eigenvalue weighted by molar-refractivity contribution is 5.68. The van der Waals surface area contributed by atoms with E-state index >= 15 is 0 Å². The molecule has 1 fully saturated rings. The molecule has 0 saturated carbocycles. The molecule has 4 nitrogen and oxygen atoms in total. The average Bonchev–Trinajstić information content (AvgIpc) is 2.34. The maximum atomic E-state index is 12.1. The average molecular weight is 285 g/mol. The van der Waals surface area contributed by atoms with Gasteiger partial charge in [-0.15, -0.1) is 0 Å². The van der Waals surface area contributed by atoms with Crippen molar-refractivity contribution in [3.8, 4) is 0 Å². The molecule has 1 aliphatic heterocycles. The van der Waals surface area contributed by atoms with E-state index in [1.54, 1.807) is 4.90 Å². The summed E-state index contributed by atoms with van der Waals surface area (Å²) in [7, 11) is 0. The van der Waals surface area contributed by atoms with Crippen molar-refractivity contribution >= 4 is 6.09 Å². The van der Waals surface area contributed by atoms with E-state index in [2.05, 4.69) is 20.8 Å². The molecule has 1 aliphatic rings. The minimum absolute atomic E-state index is 0.226. The molecule has 0 aromatic carbocycles. The molecule has 2 atom stereocenters. The van der Waals surface area contributed by atoms with Crippen molar-refractivity contribution in [2.24, 2.45) is 5.92 Å². The van der Waals surface area contributed by atoms with Crippen LogP contribution in [0.1, 0.15) is 60.8 Å². The zero-order valence-corrected chi connectivity index (χ0v) is 14.0. The number of amides is 1. The van der Waals surface area contributed by atoms with Gasteiger partial charge < -0.3 is 14.4 Å². The van der Waals surface area contributed by atoms with Gasteiger partial charge in [-0.1, -0.05) is 20.3 Å². The van der Waals surface area contributed by atoms with E-state index < -0.39 is 5.60 Å². The lowest BCUT2D eigenvalue weighted by molar-refractivity contribution is -0.0889. The third-order valence-electron chi connectivity index (χ3n) is 3.72. The number of carbonyl (C=O) groups is 1. The van der Waals surface area contributed by atoms with Crippen molar-refractivity contribution in [1.29, 1.82) is 0 Å². The van der Waals surface area contributed by atoms with E-state index in [0.29, 0.717) is 12.5 Å². The zero-order valence-electron chi connectivity index (χ0n) is 14.0. The van der Waals surface area contributed by atoms with E-state index in [4.69, 9.17) is 9.47 Å². The number of nitrogens with zero attached hydrogens (tertiary/aromatic N) is 1. The largest absolute Gasteiger partial charge is 0.444 e. The highest BCUT2D eigenvalue weighted by Gasteiger charge is 2.35. The van der Waals surface area contributed by atoms with Crippen LogP contribution in [-0.4, -0.2) is 41.9 Å². The molecule has 0 spiro atoms. The van der Waals surface area contributed by atoms with Crippen LogP contribution < -0.4 is 0 Å². The topological polar surface area (TPSA) is 38.8 Å². The first kappa shape index (κ1) is 17.3. The molecule has 0 radical (unpaired) electrons. The van der Waals surface area contributed by atoms with Gasteiger partial charge in [-0.25, -0.2) is 4.79 Å². The summed E-state index contributed by atoms with van der Waals surface area (Å²) in [6.45, 7) is 14.3. The molecule has 0 aromatic heterocycles. The molecule has 1 heterocycles. The first-order valence-corrected chi connectivity index (χ1v) is 7.77. The Morgan fingerprint density at radius 2 is 2.05 bits per heavy atom. The molecule has 2 unspecified atom stereocenters. The molecular weight excluding hydrogens is 254 g/mol. The van der Waals surface area contributed by atoms with Crippen molar-refractivity contribution in [3.05, 3.63) is 0 Å². The Hall–Kier alpha value is -0.770. The predicted molar refractivity (Wildman–Crippen MR) is 80.9 cm³/mol. The Morgan fingerprint density at radius 3 is 2.60 bits per heavy atom. The summed E-state index contributed by atoms with van der Waals surface area (Å²) in [6.07, 6.45) is 2.86. The lowest BCUT2D eigenvalue weighted by Gasteiger charge is -2.41. The summed E-state index contributed by atoms with van der Waals surface area (Å²) in [5, 5.41) is 0. The van der Waals surface area contributed by atoms with Crippen LogP contribution in [0.15, 0.2) is 0 Å². The SMILES string of the molecule is CCC(C)COC1(C)CCCN(C(=O)OC(C)(C)C)C1. The Balaban J connectivity index is 2.54.